The SMILES string of the molecule is CC1c2cc(O)ccc2CCC1CC(=O)O. The summed E-state index contributed by atoms with van der Waals surface area (Å²) in [4.78, 5) is 10.7. The summed E-state index contributed by atoms with van der Waals surface area (Å²) in [5, 5.41) is 18.3. The highest BCUT2D eigenvalue weighted by Gasteiger charge is 2.27. The topological polar surface area (TPSA) is 57.5 Å². The summed E-state index contributed by atoms with van der Waals surface area (Å²) >= 11 is 0. The van der Waals surface area contributed by atoms with Gasteiger partial charge in [0.05, 0.1) is 0 Å². The molecule has 86 valence electrons. The molecule has 3 nitrogen and oxygen atoms in total. The zero-order valence-electron chi connectivity index (χ0n) is 9.31. The number of phenolic OH excluding ortho intramolecular Hbond substituents is 1. The number of benzene rings is 1. The summed E-state index contributed by atoms with van der Waals surface area (Å²) < 4.78 is 0. The van der Waals surface area contributed by atoms with Crippen LogP contribution in [0.5, 0.6) is 5.75 Å². The maximum atomic E-state index is 10.7. The number of carboxylic acid groups (broad SMARTS) is 1. The van der Waals surface area contributed by atoms with Crippen LogP contribution in [0.3, 0.4) is 0 Å². The number of hydrogen-bond donors (Lipinski definition) is 2. The second-order valence-electron chi connectivity index (χ2n) is 4.57. The van der Waals surface area contributed by atoms with Crippen LogP contribution in [-0.4, -0.2) is 16.2 Å². The lowest BCUT2D eigenvalue weighted by Crippen LogP contribution is -2.21. The molecule has 0 saturated carbocycles. The van der Waals surface area contributed by atoms with E-state index < -0.39 is 5.97 Å². The van der Waals surface area contributed by atoms with Crippen molar-refractivity contribution in [3.63, 3.8) is 0 Å². The average Bonchev–Trinajstić information content (AvgIpc) is 2.22. The van der Waals surface area contributed by atoms with Gasteiger partial charge in [0.1, 0.15) is 5.75 Å². The van der Waals surface area contributed by atoms with Crippen molar-refractivity contribution < 1.29 is 15.0 Å². The van der Waals surface area contributed by atoms with E-state index in [0.717, 1.165) is 18.4 Å². The minimum absolute atomic E-state index is 0.187. The summed E-state index contributed by atoms with van der Waals surface area (Å²) in [7, 11) is 0. The third-order valence-electron chi connectivity index (χ3n) is 3.55. The zero-order chi connectivity index (χ0) is 11.7. The fourth-order valence-corrected chi connectivity index (χ4v) is 2.58. The quantitative estimate of drug-likeness (QED) is 0.805. The largest absolute Gasteiger partial charge is 0.508 e. The van der Waals surface area contributed by atoms with Crippen molar-refractivity contribution in [2.75, 3.05) is 0 Å². The van der Waals surface area contributed by atoms with E-state index in [-0.39, 0.29) is 24.0 Å². The third-order valence-corrected chi connectivity index (χ3v) is 3.55. The molecule has 0 bridgehead atoms. The van der Waals surface area contributed by atoms with E-state index in [9.17, 15) is 9.90 Å². The molecule has 1 aromatic carbocycles. The Kier molecular flexibility index (Phi) is 2.86. The molecule has 1 aliphatic rings. The molecule has 1 aromatic rings. The van der Waals surface area contributed by atoms with Crippen LogP contribution in [0.1, 0.15) is 36.8 Å². The van der Waals surface area contributed by atoms with Crippen LogP contribution in [0.2, 0.25) is 0 Å². The van der Waals surface area contributed by atoms with Gasteiger partial charge in [-0.15, -0.1) is 0 Å². The van der Waals surface area contributed by atoms with Gasteiger partial charge in [-0.25, -0.2) is 0 Å². The minimum Gasteiger partial charge on any atom is -0.508 e. The van der Waals surface area contributed by atoms with Crippen molar-refractivity contribution in [3.05, 3.63) is 29.3 Å². The molecule has 0 spiro atoms. The van der Waals surface area contributed by atoms with Crippen LogP contribution in [0.15, 0.2) is 18.2 Å². The Morgan fingerprint density at radius 3 is 2.94 bits per heavy atom. The lowest BCUT2D eigenvalue weighted by atomic mass is 9.74. The Labute approximate surface area is 94.7 Å². The molecule has 2 N–H and O–H groups in total. The van der Waals surface area contributed by atoms with Gasteiger partial charge in [0.15, 0.2) is 0 Å². The molecule has 0 amide bonds. The highest BCUT2D eigenvalue weighted by atomic mass is 16.4. The summed E-state index contributed by atoms with van der Waals surface area (Å²) in [5.41, 5.74) is 2.35. The van der Waals surface area contributed by atoms with Crippen LogP contribution in [0, 0.1) is 5.92 Å². The molecule has 2 unspecified atom stereocenters. The van der Waals surface area contributed by atoms with Crippen LogP contribution in [0.4, 0.5) is 0 Å². The van der Waals surface area contributed by atoms with Crippen LogP contribution >= 0.6 is 0 Å². The number of rotatable bonds is 2. The fraction of sp³-hybridized carbons (Fsp3) is 0.462. The van der Waals surface area contributed by atoms with E-state index in [1.165, 1.54) is 5.56 Å². The number of aryl methyl sites for hydroxylation is 1. The Hall–Kier alpha value is -1.51. The van der Waals surface area contributed by atoms with E-state index in [0.29, 0.717) is 0 Å². The van der Waals surface area contributed by atoms with Gasteiger partial charge >= 0.3 is 5.97 Å². The number of aromatic hydroxyl groups is 1. The first-order chi connectivity index (χ1) is 7.58. The molecule has 3 heteroatoms. The van der Waals surface area contributed by atoms with E-state index in [2.05, 4.69) is 0 Å². The van der Waals surface area contributed by atoms with Crippen LogP contribution in [0.25, 0.3) is 0 Å². The number of phenols is 1. The average molecular weight is 220 g/mol. The van der Waals surface area contributed by atoms with Crippen molar-refractivity contribution in [2.24, 2.45) is 5.92 Å². The van der Waals surface area contributed by atoms with Crippen molar-refractivity contribution in [2.45, 2.75) is 32.1 Å². The molecule has 2 atom stereocenters. The van der Waals surface area contributed by atoms with Gasteiger partial charge < -0.3 is 10.2 Å². The molecule has 0 heterocycles. The smallest absolute Gasteiger partial charge is 0.303 e. The van der Waals surface area contributed by atoms with Gasteiger partial charge in [-0.2, -0.15) is 0 Å². The molecular weight excluding hydrogens is 204 g/mol. The van der Waals surface area contributed by atoms with Gasteiger partial charge in [0.25, 0.3) is 0 Å². The maximum absolute atomic E-state index is 10.7. The number of aliphatic carboxylic acids is 1. The van der Waals surface area contributed by atoms with Gasteiger partial charge in [0.2, 0.25) is 0 Å². The number of fused-ring (bicyclic) bond motifs is 1. The Morgan fingerprint density at radius 1 is 1.50 bits per heavy atom. The maximum Gasteiger partial charge on any atom is 0.303 e. The molecule has 1 aliphatic carbocycles. The second kappa shape index (κ2) is 4.16. The summed E-state index contributed by atoms with van der Waals surface area (Å²) in [6.45, 7) is 2.05. The first-order valence-electron chi connectivity index (χ1n) is 5.61. The molecular formula is C13H16O3. The van der Waals surface area contributed by atoms with Crippen molar-refractivity contribution >= 4 is 5.97 Å². The predicted molar refractivity (Wildman–Crippen MR) is 60.6 cm³/mol. The van der Waals surface area contributed by atoms with E-state index in [1.54, 1.807) is 12.1 Å². The molecule has 0 saturated heterocycles. The Bertz CT molecular complexity index is 412. The lowest BCUT2D eigenvalue weighted by molar-refractivity contribution is -0.138. The van der Waals surface area contributed by atoms with Gasteiger partial charge in [-0.3, -0.25) is 4.79 Å². The normalized spacial score (nSPS) is 23.8. The monoisotopic (exact) mass is 220 g/mol. The van der Waals surface area contributed by atoms with E-state index in [1.807, 2.05) is 13.0 Å². The predicted octanol–water partition coefficient (Wildman–Crippen LogP) is 2.53. The molecule has 0 aromatic heterocycles. The second-order valence-corrected chi connectivity index (χ2v) is 4.57. The Balaban J connectivity index is 2.26. The zero-order valence-corrected chi connectivity index (χ0v) is 9.31. The van der Waals surface area contributed by atoms with Crippen molar-refractivity contribution in [3.8, 4) is 5.75 Å². The molecule has 0 radical (unpaired) electrons. The van der Waals surface area contributed by atoms with Crippen molar-refractivity contribution in [1.82, 2.24) is 0 Å². The third kappa shape index (κ3) is 2.03. The first kappa shape index (κ1) is 11.0. The van der Waals surface area contributed by atoms with Gasteiger partial charge in [-0.05, 0) is 47.9 Å². The van der Waals surface area contributed by atoms with Crippen molar-refractivity contribution in [1.29, 1.82) is 0 Å². The highest BCUT2D eigenvalue weighted by Crippen LogP contribution is 2.38. The molecule has 2 rings (SSSR count). The van der Waals surface area contributed by atoms with E-state index >= 15 is 0 Å². The first-order valence-corrected chi connectivity index (χ1v) is 5.61. The van der Waals surface area contributed by atoms with Crippen LogP contribution < -0.4 is 0 Å². The summed E-state index contributed by atoms with van der Waals surface area (Å²) in [6.07, 6.45) is 2.05. The van der Waals surface area contributed by atoms with Gasteiger partial charge in [-0.1, -0.05) is 13.0 Å². The lowest BCUT2D eigenvalue weighted by Gasteiger charge is -2.30. The summed E-state index contributed by atoms with van der Waals surface area (Å²) in [6, 6.07) is 5.41. The summed E-state index contributed by atoms with van der Waals surface area (Å²) in [5.74, 6) is -0.0687. The number of carbonyl (C=O) groups is 1. The molecule has 0 fully saturated rings. The Morgan fingerprint density at radius 2 is 2.25 bits per heavy atom. The number of hydrogen-bond acceptors (Lipinski definition) is 2. The van der Waals surface area contributed by atoms with E-state index in [4.69, 9.17) is 5.11 Å². The number of carboxylic acids is 1. The fourth-order valence-electron chi connectivity index (χ4n) is 2.58. The minimum atomic E-state index is -0.736. The molecule has 0 aliphatic heterocycles. The van der Waals surface area contributed by atoms with Crippen LogP contribution in [-0.2, 0) is 11.2 Å². The highest BCUT2D eigenvalue weighted by molar-refractivity contribution is 5.67. The van der Waals surface area contributed by atoms with Gasteiger partial charge in [0, 0.05) is 6.42 Å². The standard InChI is InChI=1S/C13H16O3/c1-8-10(6-13(15)16)3-2-9-4-5-11(14)7-12(8)9/h4-5,7-8,10,14H,2-3,6H2,1H3,(H,15,16). The molecule has 16 heavy (non-hydrogen) atoms.